The standard InChI is InChI=1S/C12H12FN3O/c13-10-3-1-9(2-4-10)7-8-14-11-5-6-12(17)16-15-11/h1-6H,7-8H2,(H,14,15)(H,16,17). The van der Waals surface area contributed by atoms with Crippen LogP contribution in [0.25, 0.3) is 0 Å². The van der Waals surface area contributed by atoms with Crippen LogP contribution in [0, 0.1) is 5.82 Å². The van der Waals surface area contributed by atoms with Gasteiger partial charge in [-0.1, -0.05) is 12.1 Å². The molecule has 0 spiro atoms. The fourth-order valence-electron chi connectivity index (χ4n) is 1.43. The fourth-order valence-corrected chi connectivity index (χ4v) is 1.43. The van der Waals surface area contributed by atoms with Gasteiger partial charge in [0.1, 0.15) is 11.6 Å². The average Bonchev–Trinajstić information content (AvgIpc) is 2.34. The van der Waals surface area contributed by atoms with E-state index >= 15 is 0 Å². The van der Waals surface area contributed by atoms with Gasteiger partial charge in [0.05, 0.1) is 0 Å². The maximum atomic E-state index is 12.7. The summed E-state index contributed by atoms with van der Waals surface area (Å²) in [5.41, 5.74) is 0.817. The molecule has 0 aliphatic rings. The highest BCUT2D eigenvalue weighted by Gasteiger charge is 1.96. The van der Waals surface area contributed by atoms with Crippen LogP contribution >= 0.6 is 0 Å². The molecule has 0 amide bonds. The molecule has 1 aromatic carbocycles. The van der Waals surface area contributed by atoms with Crippen molar-refractivity contribution in [3.05, 3.63) is 58.1 Å². The predicted molar refractivity (Wildman–Crippen MR) is 63.5 cm³/mol. The van der Waals surface area contributed by atoms with E-state index in [2.05, 4.69) is 15.5 Å². The maximum absolute atomic E-state index is 12.7. The SMILES string of the molecule is O=c1ccc(NCCc2ccc(F)cc2)n[nH]1. The smallest absolute Gasteiger partial charge is 0.264 e. The van der Waals surface area contributed by atoms with Gasteiger partial charge in [-0.2, -0.15) is 5.10 Å². The lowest BCUT2D eigenvalue weighted by Gasteiger charge is -2.04. The molecule has 0 unspecified atom stereocenters. The van der Waals surface area contributed by atoms with Crippen LogP contribution in [0.1, 0.15) is 5.56 Å². The van der Waals surface area contributed by atoms with Crippen molar-refractivity contribution < 1.29 is 4.39 Å². The summed E-state index contributed by atoms with van der Waals surface area (Å²) >= 11 is 0. The number of aromatic amines is 1. The van der Waals surface area contributed by atoms with Crippen LogP contribution in [0.3, 0.4) is 0 Å². The Bertz CT molecular complexity index is 516. The van der Waals surface area contributed by atoms with Gasteiger partial charge >= 0.3 is 0 Å². The quantitative estimate of drug-likeness (QED) is 0.842. The lowest BCUT2D eigenvalue weighted by atomic mass is 10.1. The summed E-state index contributed by atoms with van der Waals surface area (Å²) < 4.78 is 12.7. The molecule has 2 aromatic rings. The van der Waals surface area contributed by atoms with E-state index in [0.717, 1.165) is 12.0 Å². The Morgan fingerprint density at radius 3 is 2.59 bits per heavy atom. The van der Waals surface area contributed by atoms with Crippen molar-refractivity contribution in [1.29, 1.82) is 0 Å². The fraction of sp³-hybridized carbons (Fsp3) is 0.167. The molecule has 0 saturated heterocycles. The second-order valence-electron chi connectivity index (χ2n) is 3.61. The molecule has 88 valence electrons. The zero-order valence-corrected chi connectivity index (χ0v) is 9.11. The molecule has 0 bridgehead atoms. The van der Waals surface area contributed by atoms with Gasteiger partial charge in [0.15, 0.2) is 0 Å². The van der Waals surface area contributed by atoms with Gasteiger partial charge in [0.25, 0.3) is 5.56 Å². The summed E-state index contributed by atoms with van der Waals surface area (Å²) in [7, 11) is 0. The zero-order valence-electron chi connectivity index (χ0n) is 9.11. The topological polar surface area (TPSA) is 57.8 Å². The van der Waals surface area contributed by atoms with Crippen molar-refractivity contribution in [2.45, 2.75) is 6.42 Å². The summed E-state index contributed by atoms with van der Waals surface area (Å²) in [5.74, 6) is 0.385. The number of halogens is 1. The first-order chi connectivity index (χ1) is 8.24. The summed E-state index contributed by atoms with van der Waals surface area (Å²) in [5, 5.41) is 9.21. The van der Waals surface area contributed by atoms with E-state index in [1.54, 1.807) is 18.2 Å². The highest BCUT2D eigenvalue weighted by atomic mass is 19.1. The lowest BCUT2D eigenvalue weighted by molar-refractivity contribution is 0.627. The van der Waals surface area contributed by atoms with E-state index in [4.69, 9.17) is 0 Å². The first-order valence-corrected chi connectivity index (χ1v) is 5.28. The number of benzene rings is 1. The molecular weight excluding hydrogens is 221 g/mol. The van der Waals surface area contributed by atoms with Crippen molar-refractivity contribution in [1.82, 2.24) is 10.2 Å². The van der Waals surface area contributed by atoms with Crippen LogP contribution in [0.15, 0.2) is 41.2 Å². The van der Waals surface area contributed by atoms with E-state index < -0.39 is 0 Å². The Balaban J connectivity index is 1.85. The Labute approximate surface area is 97.5 Å². The van der Waals surface area contributed by atoms with E-state index in [-0.39, 0.29) is 11.4 Å². The maximum Gasteiger partial charge on any atom is 0.264 e. The molecule has 5 heteroatoms. The molecule has 0 aliphatic carbocycles. The molecule has 17 heavy (non-hydrogen) atoms. The molecule has 2 rings (SSSR count). The number of hydrogen-bond acceptors (Lipinski definition) is 3. The van der Waals surface area contributed by atoms with E-state index in [9.17, 15) is 9.18 Å². The van der Waals surface area contributed by atoms with Crippen LogP contribution < -0.4 is 10.9 Å². The van der Waals surface area contributed by atoms with Gasteiger partial charge in [-0.05, 0) is 30.2 Å². The van der Waals surface area contributed by atoms with E-state index in [0.29, 0.717) is 12.4 Å². The van der Waals surface area contributed by atoms with Gasteiger partial charge in [-0.25, -0.2) is 9.49 Å². The molecule has 0 fully saturated rings. The van der Waals surface area contributed by atoms with Crippen molar-refractivity contribution in [2.75, 3.05) is 11.9 Å². The lowest BCUT2D eigenvalue weighted by Crippen LogP contribution is -2.11. The van der Waals surface area contributed by atoms with Crippen LogP contribution in [0.5, 0.6) is 0 Å². The average molecular weight is 233 g/mol. The number of aromatic nitrogens is 2. The van der Waals surface area contributed by atoms with Gasteiger partial charge in [0.2, 0.25) is 0 Å². The molecular formula is C12H12FN3O. The van der Waals surface area contributed by atoms with E-state index in [1.165, 1.54) is 18.2 Å². The second kappa shape index (κ2) is 5.25. The van der Waals surface area contributed by atoms with Crippen molar-refractivity contribution in [3.8, 4) is 0 Å². The van der Waals surface area contributed by atoms with Crippen molar-refractivity contribution in [2.24, 2.45) is 0 Å². The van der Waals surface area contributed by atoms with Crippen LogP contribution in [0.2, 0.25) is 0 Å². The molecule has 0 saturated carbocycles. The van der Waals surface area contributed by atoms with Crippen LogP contribution in [-0.4, -0.2) is 16.7 Å². The third kappa shape index (κ3) is 3.41. The number of rotatable bonds is 4. The molecule has 0 aliphatic heterocycles. The normalized spacial score (nSPS) is 10.2. The largest absolute Gasteiger partial charge is 0.368 e. The highest BCUT2D eigenvalue weighted by Crippen LogP contribution is 2.04. The van der Waals surface area contributed by atoms with Gasteiger partial charge in [-0.3, -0.25) is 4.79 Å². The third-order valence-electron chi connectivity index (χ3n) is 2.31. The highest BCUT2D eigenvalue weighted by molar-refractivity contribution is 5.31. The molecule has 4 nitrogen and oxygen atoms in total. The van der Waals surface area contributed by atoms with Gasteiger partial charge < -0.3 is 5.32 Å². The number of anilines is 1. The second-order valence-corrected chi connectivity index (χ2v) is 3.61. The zero-order chi connectivity index (χ0) is 12.1. The Kier molecular flexibility index (Phi) is 3.49. The van der Waals surface area contributed by atoms with Gasteiger partial charge in [0, 0.05) is 12.6 Å². The van der Waals surface area contributed by atoms with Crippen LogP contribution in [-0.2, 0) is 6.42 Å². The summed E-state index contributed by atoms with van der Waals surface area (Å²) in [6, 6.07) is 9.40. The van der Waals surface area contributed by atoms with Crippen molar-refractivity contribution in [3.63, 3.8) is 0 Å². The van der Waals surface area contributed by atoms with Crippen LogP contribution in [0.4, 0.5) is 10.2 Å². The monoisotopic (exact) mass is 233 g/mol. The first-order valence-electron chi connectivity index (χ1n) is 5.28. The summed E-state index contributed by atoms with van der Waals surface area (Å²) in [6.07, 6.45) is 0.765. The van der Waals surface area contributed by atoms with Crippen molar-refractivity contribution >= 4 is 5.82 Å². The minimum Gasteiger partial charge on any atom is -0.368 e. The molecule has 2 N–H and O–H groups in total. The predicted octanol–water partition coefficient (Wildman–Crippen LogP) is 1.56. The minimum absolute atomic E-state index is 0.228. The third-order valence-corrected chi connectivity index (χ3v) is 2.31. The number of nitrogens with zero attached hydrogens (tertiary/aromatic N) is 1. The Hall–Kier alpha value is -2.17. The van der Waals surface area contributed by atoms with Gasteiger partial charge in [-0.15, -0.1) is 0 Å². The number of nitrogens with one attached hydrogen (secondary N) is 2. The summed E-state index contributed by atoms with van der Waals surface area (Å²) in [6.45, 7) is 0.671. The number of hydrogen-bond donors (Lipinski definition) is 2. The molecule has 0 atom stereocenters. The first kappa shape index (κ1) is 11.3. The Morgan fingerprint density at radius 1 is 1.18 bits per heavy atom. The molecule has 0 radical (unpaired) electrons. The molecule has 1 aromatic heterocycles. The number of H-pyrrole nitrogens is 1. The molecule has 1 heterocycles. The minimum atomic E-state index is -0.232. The van der Waals surface area contributed by atoms with E-state index in [1.807, 2.05) is 0 Å². The summed E-state index contributed by atoms with van der Waals surface area (Å²) in [4.78, 5) is 10.8. The Morgan fingerprint density at radius 2 is 1.94 bits per heavy atom.